The van der Waals surface area contributed by atoms with Crippen LogP contribution in [0.25, 0.3) is 0 Å². The summed E-state index contributed by atoms with van der Waals surface area (Å²) in [7, 11) is 3.88. The van der Waals surface area contributed by atoms with Gasteiger partial charge in [0.25, 0.3) is 0 Å². The second kappa shape index (κ2) is 6.23. The van der Waals surface area contributed by atoms with Crippen LogP contribution >= 0.6 is 0 Å². The van der Waals surface area contributed by atoms with Crippen LogP contribution in [0.15, 0.2) is 24.5 Å². The lowest BCUT2D eigenvalue weighted by Gasteiger charge is -2.23. The minimum Gasteiger partial charge on any atom is -0.466 e. The van der Waals surface area contributed by atoms with Crippen LogP contribution in [0.3, 0.4) is 0 Å². The average molecular weight is 222 g/mol. The van der Waals surface area contributed by atoms with Crippen LogP contribution in [0.2, 0.25) is 0 Å². The summed E-state index contributed by atoms with van der Waals surface area (Å²) in [6.07, 6.45) is 3.86. The van der Waals surface area contributed by atoms with Crippen LogP contribution in [-0.4, -0.2) is 36.6 Å². The number of esters is 1. The minimum absolute atomic E-state index is 0.0211. The molecule has 1 aromatic rings. The Labute approximate surface area is 96.2 Å². The molecule has 0 aromatic carbocycles. The van der Waals surface area contributed by atoms with Crippen molar-refractivity contribution in [2.24, 2.45) is 0 Å². The van der Waals surface area contributed by atoms with E-state index >= 15 is 0 Å². The second-order valence-corrected chi connectivity index (χ2v) is 3.77. The first-order valence-electron chi connectivity index (χ1n) is 5.37. The van der Waals surface area contributed by atoms with E-state index in [-0.39, 0.29) is 12.0 Å². The van der Waals surface area contributed by atoms with E-state index in [2.05, 4.69) is 4.98 Å². The summed E-state index contributed by atoms with van der Waals surface area (Å²) in [6.45, 7) is 2.23. The van der Waals surface area contributed by atoms with Crippen LogP contribution in [0, 0.1) is 0 Å². The van der Waals surface area contributed by atoms with E-state index in [1.165, 1.54) is 0 Å². The number of hydrogen-bond donors (Lipinski definition) is 0. The Kier molecular flexibility index (Phi) is 4.92. The van der Waals surface area contributed by atoms with E-state index in [0.29, 0.717) is 13.0 Å². The van der Waals surface area contributed by atoms with Gasteiger partial charge in [-0.2, -0.15) is 0 Å². The van der Waals surface area contributed by atoms with Crippen molar-refractivity contribution < 1.29 is 9.53 Å². The van der Waals surface area contributed by atoms with Gasteiger partial charge in [-0.15, -0.1) is 0 Å². The van der Waals surface area contributed by atoms with Gasteiger partial charge in [-0.3, -0.25) is 9.78 Å². The SMILES string of the molecule is CCOC(=O)CC(c1cccnc1)N(C)C. The van der Waals surface area contributed by atoms with Gasteiger partial charge >= 0.3 is 5.97 Å². The number of pyridine rings is 1. The van der Waals surface area contributed by atoms with Crippen molar-refractivity contribution in [2.75, 3.05) is 20.7 Å². The Bertz CT molecular complexity index is 325. The highest BCUT2D eigenvalue weighted by atomic mass is 16.5. The van der Waals surface area contributed by atoms with Crippen molar-refractivity contribution in [1.82, 2.24) is 9.88 Å². The van der Waals surface area contributed by atoms with E-state index in [0.717, 1.165) is 5.56 Å². The monoisotopic (exact) mass is 222 g/mol. The third-order valence-electron chi connectivity index (χ3n) is 2.36. The maximum atomic E-state index is 11.5. The number of aromatic nitrogens is 1. The Balaban J connectivity index is 2.73. The van der Waals surface area contributed by atoms with Crippen LogP contribution < -0.4 is 0 Å². The summed E-state index contributed by atoms with van der Waals surface area (Å²) < 4.78 is 4.96. The lowest BCUT2D eigenvalue weighted by atomic mass is 10.1. The molecule has 0 radical (unpaired) electrons. The molecule has 4 nitrogen and oxygen atoms in total. The van der Waals surface area contributed by atoms with Gasteiger partial charge in [0.1, 0.15) is 0 Å². The molecule has 0 aliphatic heterocycles. The van der Waals surface area contributed by atoms with Crippen molar-refractivity contribution in [3.63, 3.8) is 0 Å². The summed E-state index contributed by atoms with van der Waals surface area (Å²) in [4.78, 5) is 17.5. The van der Waals surface area contributed by atoms with Crippen LogP contribution in [0.4, 0.5) is 0 Å². The molecule has 1 aromatic heterocycles. The molecule has 0 saturated carbocycles. The van der Waals surface area contributed by atoms with E-state index in [1.807, 2.05) is 38.1 Å². The Morgan fingerprint density at radius 1 is 1.56 bits per heavy atom. The molecule has 16 heavy (non-hydrogen) atoms. The Hall–Kier alpha value is -1.42. The Morgan fingerprint density at radius 2 is 2.31 bits per heavy atom. The zero-order chi connectivity index (χ0) is 12.0. The summed E-state index contributed by atoms with van der Waals surface area (Å²) in [5.41, 5.74) is 1.03. The third-order valence-corrected chi connectivity index (χ3v) is 2.36. The Morgan fingerprint density at radius 3 is 2.81 bits per heavy atom. The minimum atomic E-state index is -0.176. The van der Waals surface area contributed by atoms with Gasteiger partial charge in [-0.05, 0) is 32.6 Å². The molecule has 0 bridgehead atoms. The standard InChI is InChI=1S/C12H18N2O2/c1-4-16-12(15)8-11(14(2)3)10-6-5-7-13-9-10/h5-7,9,11H,4,8H2,1-3H3. The van der Waals surface area contributed by atoms with Crippen LogP contribution in [0.1, 0.15) is 24.9 Å². The topological polar surface area (TPSA) is 42.4 Å². The number of hydrogen-bond acceptors (Lipinski definition) is 4. The molecule has 88 valence electrons. The molecule has 0 spiro atoms. The maximum absolute atomic E-state index is 11.5. The molecule has 0 fully saturated rings. The predicted molar refractivity (Wildman–Crippen MR) is 61.9 cm³/mol. The normalized spacial score (nSPS) is 12.5. The molecule has 0 saturated heterocycles. The molecule has 1 heterocycles. The number of nitrogens with zero attached hydrogens (tertiary/aromatic N) is 2. The zero-order valence-corrected chi connectivity index (χ0v) is 10.0. The average Bonchev–Trinajstić information content (AvgIpc) is 2.27. The third kappa shape index (κ3) is 3.62. The highest BCUT2D eigenvalue weighted by Crippen LogP contribution is 2.21. The van der Waals surface area contributed by atoms with E-state index in [9.17, 15) is 4.79 Å². The molecule has 4 heteroatoms. The highest BCUT2D eigenvalue weighted by molar-refractivity contribution is 5.70. The fraction of sp³-hybridized carbons (Fsp3) is 0.500. The van der Waals surface area contributed by atoms with Crippen molar-refractivity contribution in [2.45, 2.75) is 19.4 Å². The van der Waals surface area contributed by atoms with Gasteiger partial charge < -0.3 is 9.64 Å². The molecule has 0 aliphatic carbocycles. The first kappa shape index (κ1) is 12.6. The summed E-state index contributed by atoms with van der Waals surface area (Å²) in [6, 6.07) is 3.86. The van der Waals surface area contributed by atoms with Gasteiger partial charge in [0, 0.05) is 18.4 Å². The van der Waals surface area contributed by atoms with Gasteiger partial charge in [0.15, 0.2) is 0 Å². The largest absolute Gasteiger partial charge is 0.466 e. The molecular formula is C12H18N2O2. The second-order valence-electron chi connectivity index (χ2n) is 3.77. The number of ether oxygens (including phenoxy) is 1. The van der Waals surface area contributed by atoms with Crippen molar-refractivity contribution in [3.8, 4) is 0 Å². The fourth-order valence-corrected chi connectivity index (χ4v) is 1.55. The first-order chi connectivity index (χ1) is 7.65. The highest BCUT2D eigenvalue weighted by Gasteiger charge is 2.18. The van der Waals surface area contributed by atoms with Crippen molar-refractivity contribution >= 4 is 5.97 Å². The molecule has 1 unspecified atom stereocenters. The quantitative estimate of drug-likeness (QED) is 0.710. The molecule has 0 aliphatic rings. The first-order valence-corrected chi connectivity index (χ1v) is 5.37. The molecule has 0 amide bonds. The zero-order valence-electron chi connectivity index (χ0n) is 10.0. The predicted octanol–water partition coefficient (Wildman–Crippen LogP) is 1.64. The van der Waals surface area contributed by atoms with Crippen molar-refractivity contribution in [1.29, 1.82) is 0 Å². The van der Waals surface area contributed by atoms with Gasteiger partial charge in [0.2, 0.25) is 0 Å². The van der Waals surface area contributed by atoms with Gasteiger partial charge in [-0.25, -0.2) is 0 Å². The lowest BCUT2D eigenvalue weighted by Crippen LogP contribution is -2.23. The smallest absolute Gasteiger partial charge is 0.307 e. The molecule has 0 N–H and O–H groups in total. The number of carbonyl (C=O) groups excluding carboxylic acids is 1. The van der Waals surface area contributed by atoms with E-state index in [4.69, 9.17) is 4.74 Å². The maximum Gasteiger partial charge on any atom is 0.307 e. The molecule has 1 rings (SSSR count). The summed E-state index contributed by atoms with van der Waals surface area (Å²) in [5.74, 6) is -0.176. The van der Waals surface area contributed by atoms with Gasteiger partial charge in [-0.1, -0.05) is 6.07 Å². The lowest BCUT2D eigenvalue weighted by molar-refractivity contribution is -0.144. The van der Waals surface area contributed by atoms with E-state index in [1.54, 1.807) is 12.4 Å². The summed E-state index contributed by atoms with van der Waals surface area (Å²) >= 11 is 0. The van der Waals surface area contributed by atoms with Gasteiger partial charge in [0.05, 0.1) is 13.0 Å². The fourth-order valence-electron chi connectivity index (χ4n) is 1.55. The van der Waals surface area contributed by atoms with Crippen LogP contribution in [0.5, 0.6) is 0 Å². The van der Waals surface area contributed by atoms with Crippen LogP contribution in [-0.2, 0) is 9.53 Å². The van der Waals surface area contributed by atoms with E-state index < -0.39 is 0 Å². The molecule has 1 atom stereocenters. The summed E-state index contributed by atoms with van der Waals surface area (Å²) in [5, 5.41) is 0. The number of carbonyl (C=O) groups is 1. The number of rotatable bonds is 5. The van der Waals surface area contributed by atoms with Crippen molar-refractivity contribution in [3.05, 3.63) is 30.1 Å². The molecular weight excluding hydrogens is 204 g/mol.